The number of carbonyl (C=O) groups is 2. The Morgan fingerprint density at radius 1 is 1.19 bits per heavy atom. The molecular weight excluding hydrogens is 479 g/mol. The number of rotatable bonds is 7. The first-order valence-electron chi connectivity index (χ1n) is 11.2. The molecule has 1 amide bonds. The minimum Gasteiger partial charge on any atom is -0.484 e. The Labute approximate surface area is 204 Å². The third-order valence-electron chi connectivity index (χ3n) is 5.65. The van der Waals surface area contributed by atoms with E-state index in [2.05, 4.69) is 20.3 Å². The third-order valence-corrected chi connectivity index (χ3v) is 5.65. The summed E-state index contributed by atoms with van der Waals surface area (Å²) in [6.45, 7) is 0.271. The predicted molar refractivity (Wildman–Crippen MR) is 123 cm³/mol. The van der Waals surface area contributed by atoms with E-state index in [9.17, 15) is 27.9 Å². The van der Waals surface area contributed by atoms with Crippen LogP contribution in [0.1, 0.15) is 33.6 Å². The Balaban J connectivity index is 1.65. The number of aromatic carboxylic acids is 1. The largest absolute Gasteiger partial charge is 0.484 e. The van der Waals surface area contributed by atoms with Gasteiger partial charge in [0.25, 0.3) is 5.91 Å². The van der Waals surface area contributed by atoms with Gasteiger partial charge in [0.1, 0.15) is 5.75 Å². The van der Waals surface area contributed by atoms with E-state index in [1.54, 1.807) is 6.07 Å². The molecule has 190 valence electrons. The van der Waals surface area contributed by atoms with E-state index in [4.69, 9.17) is 4.74 Å². The van der Waals surface area contributed by atoms with Crippen LogP contribution in [0, 0.1) is 0 Å². The number of nitrogens with zero attached hydrogens (tertiary/aromatic N) is 4. The van der Waals surface area contributed by atoms with Gasteiger partial charge in [-0.15, -0.1) is 0 Å². The fraction of sp³-hybridized carbons (Fsp3) is 0.333. The second-order valence-electron chi connectivity index (χ2n) is 8.58. The smallest absolute Gasteiger partial charge is 0.422 e. The number of amides is 1. The number of nitrogens with one attached hydrogen (secondary N) is 1. The van der Waals surface area contributed by atoms with E-state index in [1.165, 1.54) is 47.4 Å². The molecule has 1 saturated heterocycles. The lowest BCUT2D eigenvalue weighted by Gasteiger charge is -2.30. The number of piperidine rings is 1. The van der Waals surface area contributed by atoms with Crippen molar-refractivity contribution in [3.63, 3.8) is 0 Å². The highest BCUT2D eigenvalue weighted by molar-refractivity contribution is 5.96. The van der Waals surface area contributed by atoms with Crippen LogP contribution in [0.4, 0.5) is 13.2 Å². The molecule has 1 atom stereocenters. The number of likely N-dealkylation sites (N-methyl/N-ethyl adjacent to an activating group) is 1. The molecular formula is C24H24F3N5O4. The number of carboxylic acids is 1. The molecule has 4 rings (SSSR count). The van der Waals surface area contributed by atoms with Crippen molar-refractivity contribution in [1.29, 1.82) is 0 Å². The standard InChI is InChI=1S/C24H24F3N5O4/c1-31-8-2-3-18(13-31)29-22(33)16-9-20(15-4-6-19(7-5-15)36-14-24(25,26)27)30-21(10-16)32-12-17(11-28-32)23(34)35/h4-7,9-12,18H,2-3,8,13-14H2,1H3,(H,29,33)(H,34,35). The minimum absolute atomic E-state index is 0.0234. The quantitative estimate of drug-likeness (QED) is 0.509. The van der Waals surface area contributed by atoms with Crippen LogP contribution in [0.15, 0.2) is 48.8 Å². The maximum atomic E-state index is 13.1. The van der Waals surface area contributed by atoms with Gasteiger partial charge in [-0.2, -0.15) is 18.3 Å². The van der Waals surface area contributed by atoms with Crippen molar-refractivity contribution in [3.05, 3.63) is 59.9 Å². The van der Waals surface area contributed by atoms with Crippen molar-refractivity contribution < 1.29 is 32.6 Å². The maximum Gasteiger partial charge on any atom is 0.422 e. The molecule has 1 aliphatic heterocycles. The first-order valence-corrected chi connectivity index (χ1v) is 11.2. The van der Waals surface area contributed by atoms with Crippen LogP contribution >= 0.6 is 0 Å². The summed E-state index contributed by atoms with van der Waals surface area (Å²) >= 11 is 0. The van der Waals surface area contributed by atoms with Gasteiger partial charge in [-0.25, -0.2) is 14.5 Å². The molecule has 36 heavy (non-hydrogen) atoms. The number of halogens is 3. The first-order chi connectivity index (χ1) is 17.1. The van der Waals surface area contributed by atoms with Gasteiger partial charge in [0.15, 0.2) is 12.4 Å². The zero-order chi connectivity index (χ0) is 25.9. The molecule has 3 aromatic rings. The Kier molecular flexibility index (Phi) is 7.25. The number of benzene rings is 1. The number of hydrogen-bond donors (Lipinski definition) is 2. The second-order valence-corrected chi connectivity index (χ2v) is 8.58. The molecule has 3 heterocycles. The number of hydrogen-bond acceptors (Lipinski definition) is 6. The Bertz CT molecular complexity index is 1240. The Morgan fingerprint density at radius 3 is 2.58 bits per heavy atom. The van der Waals surface area contributed by atoms with E-state index in [1.807, 2.05) is 7.05 Å². The lowest BCUT2D eigenvalue weighted by atomic mass is 10.0. The summed E-state index contributed by atoms with van der Waals surface area (Å²) in [5, 5.41) is 16.3. The fourth-order valence-corrected chi connectivity index (χ4v) is 3.91. The normalized spacial score (nSPS) is 16.5. The molecule has 1 aromatic carbocycles. The maximum absolute atomic E-state index is 13.1. The van der Waals surface area contributed by atoms with E-state index in [-0.39, 0.29) is 34.6 Å². The summed E-state index contributed by atoms with van der Waals surface area (Å²) in [4.78, 5) is 31.0. The molecule has 0 aliphatic carbocycles. The molecule has 2 aromatic heterocycles. The van der Waals surface area contributed by atoms with Crippen molar-refractivity contribution in [1.82, 2.24) is 25.0 Å². The number of pyridine rings is 1. The van der Waals surface area contributed by atoms with Gasteiger partial charge >= 0.3 is 12.1 Å². The summed E-state index contributed by atoms with van der Waals surface area (Å²) in [6.07, 6.45) is -0.201. The summed E-state index contributed by atoms with van der Waals surface area (Å²) in [6, 6.07) is 8.86. The van der Waals surface area contributed by atoms with Crippen LogP contribution in [0.2, 0.25) is 0 Å². The first kappa shape index (κ1) is 25.2. The highest BCUT2D eigenvalue weighted by Crippen LogP contribution is 2.25. The van der Waals surface area contributed by atoms with Crippen molar-refractivity contribution in [2.75, 3.05) is 26.7 Å². The van der Waals surface area contributed by atoms with E-state index < -0.39 is 18.8 Å². The molecule has 1 fully saturated rings. The molecule has 0 spiro atoms. The summed E-state index contributed by atoms with van der Waals surface area (Å²) in [5.74, 6) is -1.24. The predicted octanol–water partition coefficient (Wildman–Crippen LogP) is 3.40. The fourth-order valence-electron chi connectivity index (χ4n) is 3.91. The van der Waals surface area contributed by atoms with Crippen molar-refractivity contribution in [3.8, 4) is 22.8 Å². The third kappa shape index (κ3) is 6.39. The SMILES string of the molecule is CN1CCCC(NC(=O)c2cc(-c3ccc(OCC(F)(F)F)cc3)nc(-n3cc(C(=O)O)cn3)c2)C1. The van der Waals surface area contributed by atoms with Crippen molar-refractivity contribution in [2.45, 2.75) is 25.1 Å². The molecule has 0 saturated carbocycles. The van der Waals surface area contributed by atoms with Crippen LogP contribution in [0.3, 0.4) is 0 Å². The van der Waals surface area contributed by atoms with Gasteiger partial charge in [0.05, 0.1) is 17.5 Å². The minimum atomic E-state index is -4.46. The number of likely N-dealkylation sites (tertiary alicyclic amines) is 1. The second kappa shape index (κ2) is 10.4. The van der Waals surface area contributed by atoms with Gasteiger partial charge in [0, 0.05) is 29.9 Å². The topological polar surface area (TPSA) is 110 Å². The van der Waals surface area contributed by atoms with Crippen LogP contribution in [0.25, 0.3) is 17.1 Å². The van der Waals surface area contributed by atoms with Crippen molar-refractivity contribution >= 4 is 11.9 Å². The molecule has 12 heteroatoms. The number of ether oxygens (including phenoxy) is 1. The highest BCUT2D eigenvalue weighted by atomic mass is 19.4. The number of carboxylic acid groups (broad SMARTS) is 1. The zero-order valence-corrected chi connectivity index (χ0v) is 19.3. The number of aromatic nitrogens is 3. The van der Waals surface area contributed by atoms with Gasteiger partial charge in [0.2, 0.25) is 0 Å². The van der Waals surface area contributed by atoms with Crippen LogP contribution in [0.5, 0.6) is 5.75 Å². The lowest BCUT2D eigenvalue weighted by molar-refractivity contribution is -0.153. The van der Waals surface area contributed by atoms with Crippen LogP contribution in [-0.2, 0) is 0 Å². The van der Waals surface area contributed by atoms with E-state index >= 15 is 0 Å². The monoisotopic (exact) mass is 503 g/mol. The lowest BCUT2D eigenvalue weighted by Crippen LogP contribution is -2.46. The summed E-state index contributed by atoms with van der Waals surface area (Å²) in [7, 11) is 1.99. The Morgan fingerprint density at radius 2 is 1.94 bits per heavy atom. The summed E-state index contributed by atoms with van der Waals surface area (Å²) in [5.41, 5.74) is 1.11. The van der Waals surface area contributed by atoms with Gasteiger partial charge in [-0.1, -0.05) is 0 Å². The average molecular weight is 503 g/mol. The van der Waals surface area contributed by atoms with Crippen LogP contribution in [-0.4, -0.2) is 75.6 Å². The Hall–Kier alpha value is -3.93. The number of carbonyl (C=O) groups excluding carboxylic acids is 1. The molecule has 1 unspecified atom stereocenters. The van der Waals surface area contributed by atoms with E-state index in [0.717, 1.165) is 25.9 Å². The van der Waals surface area contributed by atoms with Gasteiger partial charge in [-0.3, -0.25) is 4.79 Å². The molecule has 2 N–H and O–H groups in total. The van der Waals surface area contributed by atoms with Gasteiger partial charge < -0.3 is 20.1 Å². The molecule has 0 radical (unpaired) electrons. The molecule has 0 bridgehead atoms. The highest BCUT2D eigenvalue weighted by Gasteiger charge is 2.28. The van der Waals surface area contributed by atoms with Gasteiger partial charge in [-0.05, 0) is 62.8 Å². The number of alkyl halides is 3. The van der Waals surface area contributed by atoms with E-state index in [0.29, 0.717) is 11.3 Å². The van der Waals surface area contributed by atoms with Crippen molar-refractivity contribution in [2.24, 2.45) is 0 Å². The molecule has 1 aliphatic rings. The summed E-state index contributed by atoms with van der Waals surface area (Å²) < 4.78 is 43.3. The van der Waals surface area contributed by atoms with Crippen LogP contribution < -0.4 is 10.1 Å². The molecule has 9 nitrogen and oxygen atoms in total. The zero-order valence-electron chi connectivity index (χ0n) is 19.3. The average Bonchev–Trinajstić information content (AvgIpc) is 3.33.